The van der Waals surface area contributed by atoms with Crippen LogP contribution >= 0.6 is 0 Å². The number of nitrogens with zero attached hydrogens (tertiary/aromatic N) is 3. The van der Waals surface area contributed by atoms with E-state index in [-0.39, 0.29) is 0 Å². The van der Waals surface area contributed by atoms with E-state index in [0.29, 0.717) is 0 Å². The lowest BCUT2D eigenvalue weighted by atomic mass is 10.1. The number of aromatic nitrogens is 2. The summed E-state index contributed by atoms with van der Waals surface area (Å²) in [6, 6.07) is 10.8. The molecule has 0 amide bonds. The molecule has 5 heteroatoms. The predicted octanol–water partition coefficient (Wildman–Crippen LogP) is 2.10. The van der Waals surface area contributed by atoms with Crippen LogP contribution in [0.25, 0.3) is 16.7 Å². The van der Waals surface area contributed by atoms with E-state index in [0.717, 1.165) is 67.8 Å². The molecule has 0 unspecified atom stereocenters. The fraction of sp³-hybridized carbons (Fsp3) is 0.368. The maximum atomic E-state index is 9.81. The average Bonchev–Trinajstić information content (AvgIpc) is 3.25. The highest BCUT2D eigenvalue weighted by atomic mass is 16.5. The highest BCUT2D eigenvalue weighted by Gasteiger charge is 2.33. The van der Waals surface area contributed by atoms with Crippen molar-refractivity contribution in [1.29, 1.82) is 5.26 Å². The molecule has 3 heterocycles. The third-order valence-corrected chi connectivity index (χ3v) is 5.28. The number of para-hydroxylation sites is 2. The molecule has 1 aliphatic heterocycles. The number of imidazole rings is 1. The van der Waals surface area contributed by atoms with Gasteiger partial charge in [-0.25, -0.2) is 0 Å². The average molecular weight is 319 g/mol. The molecule has 24 heavy (non-hydrogen) atoms. The summed E-state index contributed by atoms with van der Waals surface area (Å²) in [5.41, 5.74) is 6.56. The topological polar surface area (TPSA) is 56.2 Å². The predicted molar refractivity (Wildman–Crippen MR) is 91.2 cm³/mol. The molecule has 1 aliphatic carbocycles. The number of fused-ring (bicyclic) bond motifs is 4. The van der Waals surface area contributed by atoms with Crippen molar-refractivity contribution >= 4 is 22.5 Å². The number of ether oxygens (including phenoxy) is 1. The number of aromatic amines is 1. The number of rotatable bonds is 1. The molecule has 5 rings (SSSR count). The number of anilines is 1. The Labute approximate surface area is 140 Å². The van der Waals surface area contributed by atoms with Crippen LogP contribution in [0.5, 0.6) is 0 Å². The number of nitriles is 1. The van der Waals surface area contributed by atoms with E-state index in [9.17, 15) is 5.26 Å². The van der Waals surface area contributed by atoms with Gasteiger partial charge in [-0.15, -0.1) is 0 Å². The summed E-state index contributed by atoms with van der Waals surface area (Å²) in [5.74, 6) is 1.26. The molecular weight excluding hydrogens is 300 g/mol. The first kappa shape index (κ1) is 13.8. The first-order valence-corrected chi connectivity index (χ1v) is 8.61. The molecule has 0 atom stereocenters. The maximum Gasteiger partial charge on any atom is 0.250 e. The highest BCUT2D eigenvalue weighted by molar-refractivity contribution is 5.78. The summed E-state index contributed by atoms with van der Waals surface area (Å²) >= 11 is 0. The van der Waals surface area contributed by atoms with Crippen molar-refractivity contribution < 1.29 is 9.14 Å². The second-order valence-electron chi connectivity index (χ2n) is 6.55. The molecule has 0 bridgehead atoms. The van der Waals surface area contributed by atoms with Gasteiger partial charge in [-0.05, 0) is 37.0 Å². The van der Waals surface area contributed by atoms with Gasteiger partial charge in [0.15, 0.2) is 0 Å². The Morgan fingerprint density at radius 3 is 2.75 bits per heavy atom. The van der Waals surface area contributed by atoms with Gasteiger partial charge in [0.05, 0.1) is 26.3 Å². The lowest BCUT2D eigenvalue weighted by Gasteiger charge is -2.26. The Morgan fingerprint density at radius 1 is 1.12 bits per heavy atom. The van der Waals surface area contributed by atoms with E-state index >= 15 is 0 Å². The third-order valence-electron chi connectivity index (χ3n) is 5.28. The minimum Gasteiger partial charge on any atom is -0.375 e. The Kier molecular flexibility index (Phi) is 3.00. The van der Waals surface area contributed by atoms with Crippen molar-refractivity contribution in [3.8, 4) is 6.07 Å². The lowest BCUT2D eigenvalue weighted by molar-refractivity contribution is -0.468. The van der Waals surface area contributed by atoms with Gasteiger partial charge in [-0.3, -0.25) is 9.88 Å². The van der Waals surface area contributed by atoms with Crippen LogP contribution in [0.2, 0.25) is 0 Å². The third kappa shape index (κ3) is 1.80. The minimum atomic E-state index is 0.763. The van der Waals surface area contributed by atoms with Crippen LogP contribution in [0.15, 0.2) is 24.3 Å². The standard InChI is InChI=1S/C19H18N4O/c20-12-15-13-4-3-5-14(13)19(22-8-10-24-11-9-22)23-17-7-2-1-6-16(17)21-18(15)23/h1-2,6-7H,3-5,8-11H2/p+1. The van der Waals surface area contributed by atoms with Crippen LogP contribution in [0.4, 0.5) is 5.82 Å². The smallest absolute Gasteiger partial charge is 0.250 e. The van der Waals surface area contributed by atoms with E-state index in [1.54, 1.807) is 0 Å². The Bertz CT molecular complexity index is 992. The van der Waals surface area contributed by atoms with Crippen LogP contribution in [-0.2, 0) is 17.6 Å². The van der Waals surface area contributed by atoms with E-state index in [1.807, 2.05) is 6.07 Å². The summed E-state index contributed by atoms with van der Waals surface area (Å²) in [6.45, 7) is 3.33. The molecule has 1 N–H and O–H groups in total. The van der Waals surface area contributed by atoms with E-state index in [1.165, 1.54) is 16.9 Å². The van der Waals surface area contributed by atoms with Gasteiger partial charge in [0.1, 0.15) is 22.7 Å². The van der Waals surface area contributed by atoms with Gasteiger partial charge < -0.3 is 4.74 Å². The van der Waals surface area contributed by atoms with Crippen LogP contribution in [0.1, 0.15) is 23.1 Å². The summed E-state index contributed by atoms with van der Waals surface area (Å²) in [4.78, 5) is 5.92. The number of H-pyrrole nitrogens is 1. The van der Waals surface area contributed by atoms with Crippen molar-refractivity contribution in [2.45, 2.75) is 19.3 Å². The molecule has 1 aromatic carbocycles. The molecule has 0 saturated carbocycles. The highest BCUT2D eigenvalue weighted by Crippen LogP contribution is 2.34. The number of hydrogen-bond acceptors (Lipinski definition) is 3. The molecule has 3 aromatic rings. The van der Waals surface area contributed by atoms with E-state index in [2.05, 4.69) is 38.6 Å². The maximum absolute atomic E-state index is 9.81. The van der Waals surface area contributed by atoms with Gasteiger partial charge in [-0.1, -0.05) is 12.1 Å². The minimum absolute atomic E-state index is 0.763. The Hall–Kier alpha value is -2.58. The van der Waals surface area contributed by atoms with Gasteiger partial charge in [-0.2, -0.15) is 9.66 Å². The number of benzene rings is 1. The first-order chi connectivity index (χ1) is 11.9. The van der Waals surface area contributed by atoms with Crippen molar-refractivity contribution in [3.63, 3.8) is 0 Å². The fourth-order valence-corrected chi connectivity index (χ4v) is 4.24. The molecular formula is C19H19N4O+. The molecule has 2 aliphatic rings. The zero-order valence-electron chi connectivity index (χ0n) is 13.5. The van der Waals surface area contributed by atoms with Crippen LogP contribution in [-0.4, -0.2) is 31.3 Å². The quantitative estimate of drug-likeness (QED) is 0.699. The zero-order chi connectivity index (χ0) is 16.1. The molecule has 0 radical (unpaired) electrons. The molecule has 0 spiro atoms. The normalized spacial score (nSPS) is 17.4. The van der Waals surface area contributed by atoms with Crippen molar-refractivity contribution in [1.82, 2.24) is 4.98 Å². The second kappa shape index (κ2) is 5.22. The molecule has 1 saturated heterocycles. The number of hydrogen-bond donors (Lipinski definition) is 1. The summed E-state index contributed by atoms with van der Waals surface area (Å²) in [5, 5.41) is 9.81. The second-order valence-corrected chi connectivity index (χ2v) is 6.55. The zero-order valence-corrected chi connectivity index (χ0v) is 13.5. The summed E-state index contributed by atoms with van der Waals surface area (Å²) in [6.07, 6.45) is 3.19. The fourth-order valence-electron chi connectivity index (χ4n) is 4.24. The summed E-state index contributed by atoms with van der Waals surface area (Å²) in [7, 11) is 0. The number of nitrogens with one attached hydrogen (secondary N) is 1. The Balaban J connectivity index is 1.93. The largest absolute Gasteiger partial charge is 0.375 e. The lowest BCUT2D eigenvalue weighted by Crippen LogP contribution is -2.43. The monoisotopic (exact) mass is 319 g/mol. The summed E-state index contributed by atoms with van der Waals surface area (Å²) < 4.78 is 7.82. The molecule has 5 nitrogen and oxygen atoms in total. The van der Waals surface area contributed by atoms with E-state index < -0.39 is 0 Å². The van der Waals surface area contributed by atoms with Crippen LogP contribution in [0, 0.1) is 11.3 Å². The number of pyridine rings is 1. The first-order valence-electron chi connectivity index (χ1n) is 8.61. The van der Waals surface area contributed by atoms with Crippen LogP contribution in [0.3, 0.4) is 0 Å². The molecule has 2 aromatic heterocycles. The molecule has 1 fully saturated rings. The van der Waals surface area contributed by atoms with Gasteiger partial charge in [0.25, 0.3) is 0 Å². The van der Waals surface area contributed by atoms with Gasteiger partial charge >= 0.3 is 0 Å². The van der Waals surface area contributed by atoms with Gasteiger partial charge in [0.2, 0.25) is 11.5 Å². The van der Waals surface area contributed by atoms with Crippen LogP contribution < -0.4 is 9.30 Å². The Morgan fingerprint density at radius 2 is 1.92 bits per heavy atom. The number of morpholine rings is 1. The van der Waals surface area contributed by atoms with Crippen molar-refractivity contribution in [2.24, 2.45) is 0 Å². The van der Waals surface area contributed by atoms with Gasteiger partial charge in [0, 0.05) is 5.56 Å². The SMILES string of the molecule is N#Cc1c2c(c(N3CCOCC3)[n+]3c1[nH]c1ccccc13)CCC2. The van der Waals surface area contributed by atoms with Crippen molar-refractivity contribution in [3.05, 3.63) is 41.0 Å². The van der Waals surface area contributed by atoms with E-state index in [4.69, 9.17) is 4.74 Å². The molecule has 120 valence electrons. The van der Waals surface area contributed by atoms with Crippen molar-refractivity contribution in [2.75, 3.05) is 31.2 Å².